The molecule has 0 aromatic heterocycles. The SMILES string of the molecule is CCC(C)NS(=O)(=O)c1ccc(C(=O)N2CCCC(CNC)C2)cc1.Cl. The maximum atomic E-state index is 12.7. The van der Waals surface area contributed by atoms with E-state index in [1.807, 2.05) is 25.8 Å². The molecule has 1 aromatic carbocycles. The lowest BCUT2D eigenvalue weighted by Crippen LogP contribution is -2.42. The van der Waals surface area contributed by atoms with Crippen LogP contribution in [0.5, 0.6) is 0 Å². The molecule has 2 N–H and O–H groups in total. The molecule has 148 valence electrons. The molecule has 0 bridgehead atoms. The third-order valence-electron chi connectivity index (χ3n) is 4.68. The topological polar surface area (TPSA) is 78.5 Å². The number of nitrogens with one attached hydrogen (secondary N) is 2. The van der Waals surface area contributed by atoms with Crippen molar-refractivity contribution in [3.63, 3.8) is 0 Å². The van der Waals surface area contributed by atoms with Crippen molar-refractivity contribution >= 4 is 28.3 Å². The van der Waals surface area contributed by atoms with Crippen molar-refractivity contribution in [1.82, 2.24) is 14.9 Å². The van der Waals surface area contributed by atoms with Gasteiger partial charge in [0.1, 0.15) is 0 Å². The van der Waals surface area contributed by atoms with Crippen LogP contribution in [0.4, 0.5) is 0 Å². The molecule has 0 saturated carbocycles. The lowest BCUT2D eigenvalue weighted by atomic mass is 9.97. The number of amides is 1. The zero-order valence-corrected chi connectivity index (χ0v) is 17.3. The van der Waals surface area contributed by atoms with Gasteiger partial charge in [0.05, 0.1) is 4.90 Å². The predicted octanol–water partition coefficient (Wildman–Crippen LogP) is 2.26. The van der Waals surface area contributed by atoms with Gasteiger partial charge >= 0.3 is 0 Å². The fraction of sp³-hybridized carbons (Fsp3) is 0.611. The molecule has 0 radical (unpaired) electrons. The molecule has 2 rings (SSSR count). The van der Waals surface area contributed by atoms with Gasteiger partial charge in [-0.2, -0.15) is 0 Å². The second kappa shape index (κ2) is 10.3. The number of benzene rings is 1. The minimum atomic E-state index is -3.54. The van der Waals surface area contributed by atoms with Crippen LogP contribution in [0.3, 0.4) is 0 Å². The molecule has 2 atom stereocenters. The van der Waals surface area contributed by atoms with Crippen LogP contribution in [0.1, 0.15) is 43.5 Å². The largest absolute Gasteiger partial charge is 0.338 e. The van der Waals surface area contributed by atoms with Crippen molar-refractivity contribution in [1.29, 1.82) is 0 Å². The summed E-state index contributed by atoms with van der Waals surface area (Å²) in [7, 11) is -1.61. The first-order valence-corrected chi connectivity index (χ1v) is 10.4. The zero-order valence-electron chi connectivity index (χ0n) is 15.7. The Balaban J connectivity index is 0.00000338. The standard InChI is InChI=1S/C18H29N3O3S.ClH/c1-4-14(2)20-25(23,24)17-9-7-16(8-10-17)18(22)21-11-5-6-15(13-21)12-19-3;/h7-10,14-15,19-20H,4-6,11-13H2,1-3H3;1H. The fourth-order valence-electron chi connectivity index (χ4n) is 3.08. The Bertz CT molecular complexity index is 677. The smallest absolute Gasteiger partial charge is 0.253 e. The average molecular weight is 404 g/mol. The van der Waals surface area contributed by atoms with Gasteiger partial charge in [0, 0.05) is 24.7 Å². The van der Waals surface area contributed by atoms with E-state index in [0.29, 0.717) is 11.5 Å². The Kier molecular flexibility index (Phi) is 9.03. The highest BCUT2D eigenvalue weighted by Crippen LogP contribution is 2.19. The quantitative estimate of drug-likeness (QED) is 0.731. The van der Waals surface area contributed by atoms with Gasteiger partial charge in [-0.3, -0.25) is 4.79 Å². The Morgan fingerprint density at radius 2 is 1.96 bits per heavy atom. The summed E-state index contributed by atoms with van der Waals surface area (Å²) in [6.45, 7) is 6.16. The fourth-order valence-corrected chi connectivity index (χ4v) is 4.41. The number of sulfonamides is 1. The number of carbonyl (C=O) groups excluding carboxylic acids is 1. The van der Waals surface area contributed by atoms with Gasteiger partial charge in [0.2, 0.25) is 10.0 Å². The molecule has 1 saturated heterocycles. The van der Waals surface area contributed by atoms with Crippen molar-refractivity contribution in [2.75, 3.05) is 26.7 Å². The Labute approximate surface area is 163 Å². The van der Waals surface area contributed by atoms with E-state index in [4.69, 9.17) is 0 Å². The number of hydrogen-bond donors (Lipinski definition) is 2. The molecule has 0 aliphatic carbocycles. The second-order valence-corrected chi connectivity index (χ2v) is 8.49. The van der Waals surface area contributed by atoms with Crippen LogP contribution in [0, 0.1) is 5.92 Å². The van der Waals surface area contributed by atoms with Crippen LogP contribution in [-0.2, 0) is 10.0 Å². The maximum Gasteiger partial charge on any atom is 0.253 e. The molecule has 8 heteroatoms. The van der Waals surface area contributed by atoms with E-state index >= 15 is 0 Å². The van der Waals surface area contributed by atoms with Crippen LogP contribution in [0.2, 0.25) is 0 Å². The van der Waals surface area contributed by atoms with E-state index in [1.54, 1.807) is 12.1 Å². The summed E-state index contributed by atoms with van der Waals surface area (Å²) in [5, 5.41) is 3.17. The molecule has 26 heavy (non-hydrogen) atoms. The molecular formula is C18H30ClN3O3S. The van der Waals surface area contributed by atoms with Gasteiger partial charge in [-0.05, 0) is 70.0 Å². The molecule has 1 amide bonds. The highest BCUT2D eigenvalue weighted by atomic mass is 35.5. The van der Waals surface area contributed by atoms with Gasteiger partial charge in [0.25, 0.3) is 5.91 Å². The summed E-state index contributed by atoms with van der Waals surface area (Å²) in [5.41, 5.74) is 0.535. The van der Waals surface area contributed by atoms with E-state index in [2.05, 4.69) is 10.0 Å². The minimum Gasteiger partial charge on any atom is -0.338 e. The van der Waals surface area contributed by atoms with E-state index in [9.17, 15) is 13.2 Å². The van der Waals surface area contributed by atoms with Crippen molar-refractivity contribution < 1.29 is 13.2 Å². The molecule has 1 fully saturated rings. The number of likely N-dealkylation sites (tertiary alicyclic amines) is 1. The van der Waals surface area contributed by atoms with Crippen LogP contribution in [-0.4, -0.2) is 51.9 Å². The van der Waals surface area contributed by atoms with Crippen LogP contribution in [0.25, 0.3) is 0 Å². The molecule has 6 nitrogen and oxygen atoms in total. The summed E-state index contributed by atoms with van der Waals surface area (Å²) in [6, 6.07) is 6.11. The first-order valence-electron chi connectivity index (χ1n) is 8.93. The number of piperidine rings is 1. The number of nitrogens with zero attached hydrogens (tertiary/aromatic N) is 1. The highest BCUT2D eigenvalue weighted by molar-refractivity contribution is 7.89. The predicted molar refractivity (Wildman–Crippen MR) is 106 cm³/mol. The number of carbonyl (C=O) groups is 1. The number of hydrogen-bond acceptors (Lipinski definition) is 4. The Morgan fingerprint density at radius 3 is 2.54 bits per heavy atom. The Hall–Kier alpha value is -1.15. The van der Waals surface area contributed by atoms with Gasteiger partial charge in [-0.1, -0.05) is 6.92 Å². The maximum absolute atomic E-state index is 12.7. The number of rotatable bonds is 7. The van der Waals surface area contributed by atoms with Crippen LogP contribution < -0.4 is 10.0 Å². The summed E-state index contributed by atoms with van der Waals surface area (Å²) >= 11 is 0. The van der Waals surface area contributed by atoms with Crippen molar-refractivity contribution in [3.8, 4) is 0 Å². The van der Waals surface area contributed by atoms with Gasteiger partial charge in [-0.15, -0.1) is 12.4 Å². The number of halogens is 1. The third-order valence-corrected chi connectivity index (χ3v) is 6.28. The minimum absolute atomic E-state index is 0. The zero-order chi connectivity index (χ0) is 18.4. The average Bonchev–Trinajstić information content (AvgIpc) is 2.61. The summed E-state index contributed by atoms with van der Waals surface area (Å²) in [5.74, 6) is 0.446. The second-order valence-electron chi connectivity index (χ2n) is 6.77. The molecular weight excluding hydrogens is 374 g/mol. The van der Waals surface area contributed by atoms with Gasteiger partial charge in [0.15, 0.2) is 0 Å². The first-order chi connectivity index (χ1) is 11.9. The monoisotopic (exact) mass is 403 g/mol. The summed E-state index contributed by atoms with van der Waals surface area (Å²) < 4.78 is 27.2. The van der Waals surface area contributed by atoms with Crippen molar-refractivity contribution in [2.24, 2.45) is 5.92 Å². The van der Waals surface area contributed by atoms with Crippen molar-refractivity contribution in [2.45, 2.75) is 44.0 Å². The lowest BCUT2D eigenvalue weighted by molar-refractivity contribution is 0.0674. The molecule has 0 spiro atoms. The van der Waals surface area contributed by atoms with E-state index in [1.165, 1.54) is 12.1 Å². The van der Waals surface area contributed by atoms with E-state index in [-0.39, 0.29) is 29.3 Å². The molecule has 2 unspecified atom stereocenters. The molecule has 1 aromatic rings. The molecule has 1 heterocycles. The van der Waals surface area contributed by atoms with Gasteiger partial charge < -0.3 is 10.2 Å². The van der Waals surface area contributed by atoms with E-state index in [0.717, 1.165) is 38.9 Å². The lowest BCUT2D eigenvalue weighted by Gasteiger charge is -2.32. The first kappa shape index (κ1) is 22.9. The van der Waals surface area contributed by atoms with Crippen LogP contribution >= 0.6 is 12.4 Å². The van der Waals surface area contributed by atoms with Crippen LogP contribution in [0.15, 0.2) is 29.2 Å². The Morgan fingerprint density at radius 1 is 1.31 bits per heavy atom. The third kappa shape index (κ3) is 5.94. The normalized spacial score (nSPS) is 18.9. The summed E-state index contributed by atoms with van der Waals surface area (Å²) in [6.07, 6.45) is 2.85. The highest BCUT2D eigenvalue weighted by Gasteiger charge is 2.24. The molecule has 1 aliphatic heterocycles. The molecule has 1 aliphatic rings. The summed E-state index contributed by atoms with van der Waals surface area (Å²) in [4.78, 5) is 14.7. The van der Waals surface area contributed by atoms with Crippen molar-refractivity contribution in [3.05, 3.63) is 29.8 Å². The van der Waals surface area contributed by atoms with E-state index < -0.39 is 10.0 Å². The van der Waals surface area contributed by atoms with Gasteiger partial charge in [-0.25, -0.2) is 13.1 Å².